The molecule has 46 heavy (non-hydrogen) atoms. The number of rotatable bonds is 3. The first-order valence-corrected chi connectivity index (χ1v) is 16.2. The van der Waals surface area contributed by atoms with Crippen molar-refractivity contribution in [3.05, 3.63) is 191 Å². The second-order valence-corrected chi connectivity index (χ2v) is 12.7. The highest BCUT2D eigenvalue weighted by Crippen LogP contribution is 2.59. The van der Waals surface area contributed by atoms with Crippen LogP contribution in [0.4, 0.5) is 0 Å². The van der Waals surface area contributed by atoms with E-state index in [1.165, 1.54) is 71.6 Å². The summed E-state index contributed by atoms with van der Waals surface area (Å²) in [6.45, 7) is 0. The van der Waals surface area contributed by atoms with Crippen LogP contribution in [-0.2, 0) is 5.41 Å². The molecule has 0 N–H and O–H groups in total. The van der Waals surface area contributed by atoms with Crippen molar-refractivity contribution in [2.75, 3.05) is 0 Å². The first-order valence-electron chi connectivity index (χ1n) is 16.2. The normalized spacial score (nSPS) is 17.5. The summed E-state index contributed by atoms with van der Waals surface area (Å²) >= 11 is 0. The number of hydrogen-bond donors (Lipinski definition) is 0. The lowest BCUT2D eigenvalue weighted by atomic mass is 9.65. The first-order chi connectivity index (χ1) is 22.8. The van der Waals surface area contributed by atoms with Gasteiger partial charge in [0.1, 0.15) is 11.5 Å². The molecular weight excluding hydrogens is 556 g/mol. The largest absolute Gasteiger partial charge is 0.460 e. The predicted molar refractivity (Wildman–Crippen MR) is 190 cm³/mol. The zero-order valence-corrected chi connectivity index (χ0v) is 25.3. The Morgan fingerprint density at radius 2 is 1.13 bits per heavy atom. The van der Waals surface area contributed by atoms with Crippen molar-refractivity contribution in [2.45, 2.75) is 18.3 Å². The molecule has 7 aromatic carbocycles. The third kappa shape index (κ3) is 3.40. The van der Waals surface area contributed by atoms with Gasteiger partial charge in [0.15, 0.2) is 0 Å². The predicted octanol–water partition coefficient (Wildman–Crippen LogP) is 11.5. The molecule has 1 unspecified atom stereocenters. The average Bonchev–Trinajstić information content (AvgIpc) is 3.41. The Bertz CT molecular complexity index is 2440. The molecule has 0 radical (unpaired) electrons. The summed E-state index contributed by atoms with van der Waals surface area (Å²) in [7, 11) is 0. The molecule has 1 heteroatoms. The quantitative estimate of drug-likeness (QED) is 0.200. The molecule has 0 fully saturated rings. The molecule has 1 aliphatic heterocycles. The second kappa shape index (κ2) is 9.67. The van der Waals surface area contributed by atoms with Crippen molar-refractivity contribution in [1.29, 1.82) is 0 Å². The summed E-state index contributed by atoms with van der Waals surface area (Å²) in [6, 6.07) is 54.0. The molecule has 7 aromatic rings. The minimum Gasteiger partial charge on any atom is -0.460 e. The van der Waals surface area contributed by atoms with E-state index in [2.05, 4.69) is 158 Å². The van der Waals surface area contributed by atoms with Crippen molar-refractivity contribution in [3.63, 3.8) is 0 Å². The molecule has 216 valence electrons. The Morgan fingerprint density at radius 1 is 0.478 bits per heavy atom. The van der Waals surface area contributed by atoms with Crippen LogP contribution in [0.5, 0.6) is 5.75 Å². The Balaban J connectivity index is 1.33. The molecule has 0 saturated heterocycles. The van der Waals surface area contributed by atoms with Gasteiger partial charge in [-0.25, -0.2) is 0 Å². The van der Waals surface area contributed by atoms with Gasteiger partial charge in [-0.05, 0) is 85.3 Å². The van der Waals surface area contributed by atoms with Gasteiger partial charge in [0.25, 0.3) is 0 Å². The summed E-state index contributed by atoms with van der Waals surface area (Å²) in [4.78, 5) is 0. The van der Waals surface area contributed by atoms with Gasteiger partial charge in [-0.1, -0.05) is 140 Å². The Morgan fingerprint density at radius 3 is 1.93 bits per heavy atom. The van der Waals surface area contributed by atoms with Gasteiger partial charge in [-0.3, -0.25) is 0 Å². The summed E-state index contributed by atoms with van der Waals surface area (Å²) in [5.74, 6) is 2.05. The summed E-state index contributed by atoms with van der Waals surface area (Å²) in [6.07, 6.45) is 6.44. The maximum Gasteiger partial charge on any atom is 0.143 e. The highest BCUT2D eigenvalue weighted by Gasteiger charge is 2.47. The third-order valence-electron chi connectivity index (χ3n) is 10.4. The van der Waals surface area contributed by atoms with Crippen LogP contribution in [0.15, 0.2) is 164 Å². The van der Waals surface area contributed by atoms with Gasteiger partial charge in [0, 0.05) is 22.9 Å². The topological polar surface area (TPSA) is 9.23 Å². The van der Waals surface area contributed by atoms with Crippen molar-refractivity contribution in [3.8, 4) is 28.0 Å². The lowest BCUT2D eigenvalue weighted by Gasteiger charge is -2.36. The maximum atomic E-state index is 6.97. The molecule has 1 heterocycles. The lowest BCUT2D eigenvalue weighted by Crippen LogP contribution is -2.29. The van der Waals surface area contributed by atoms with Crippen LogP contribution in [-0.4, -0.2) is 0 Å². The Kier molecular flexibility index (Phi) is 5.39. The fourth-order valence-electron chi connectivity index (χ4n) is 8.45. The van der Waals surface area contributed by atoms with Crippen LogP contribution in [0.3, 0.4) is 0 Å². The molecule has 1 atom stereocenters. The molecule has 1 nitrogen and oxygen atoms in total. The van der Waals surface area contributed by atoms with E-state index in [1.807, 2.05) is 0 Å². The van der Waals surface area contributed by atoms with E-state index < -0.39 is 5.41 Å². The fourth-order valence-corrected chi connectivity index (χ4v) is 8.45. The van der Waals surface area contributed by atoms with Gasteiger partial charge < -0.3 is 4.74 Å². The van der Waals surface area contributed by atoms with Crippen molar-refractivity contribution in [2.24, 2.45) is 0 Å². The third-order valence-corrected chi connectivity index (χ3v) is 10.4. The number of hydrogen-bond acceptors (Lipinski definition) is 1. The Hall–Kier alpha value is -5.66. The molecular formula is C45H30O. The zero-order valence-electron chi connectivity index (χ0n) is 25.3. The van der Waals surface area contributed by atoms with E-state index in [-0.39, 0.29) is 0 Å². The molecule has 2 aliphatic carbocycles. The number of fused-ring (bicyclic) bond motifs is 5. The molecule has 0 aromatic heterocycles. The molecule has 10 rings (SSSR count). The number of benzene rings is 7. The first kappa shape index (κ1) is 25.6. The molecule has 0 saturated carbocycles. The maximum absolute atomic E-state index is 6.97. The van der Waals surface area contributed by atoms with E-state index >= 15 is 0 Å². The lowest BCUT2D eigenvalue weighted by molar-refractivity contribution is 0.409. The van der Waals surface area contributed by atoms with E-state index in [4.69, 9.17) is 4.74 Å². The average molecular weight is 587 g/mol. The summed E-state index contributed by atoms with van der Waals surface area (Å²) < 4.78 is 6.97. The SMILES string of the molecule is C1=CC2=C(CC1)Oc1c(-c3ccccc3C3(c4ccccc4)c4ccccc4-c4cc5ccccc5cc43)ccc3cccc2c13. The van der Waals surface area contributed by atoms with Gasteiger partial charge in [0.2, 0.25) is 0 Å². The minimum absolute atomic E-state index is 0.526. The van der Waals surface area contributed by atoms with Gasteiger partial charge in [-0.15, -0.1) is 0 Å². The summed E-state index contributed by atoms with van der Waals surface area (Å²) in [5.41, 5.74) is 12.1. The highest BCUT2D eigenvalue weighted by molar-refractivity contribution is 6.06. The number of ether oxygens (including phenoxy) is 1. The molecule has 3 aliphatic rings. The molecule has 0 spiro atoms. The van der Waals surface area contributed by atoms with Crippen LogP contribution >= 0.6 is 0 Å². The van der Waals surface area contributed by atoms with Crippen LogP contribution < -0.4 is 4.74 Å². The molecule has 0 amide bonds. The highest BCUT2D eigenvalue weighted by atomic mass is 16.5. The second-order valence-electron chi connectivity index (χ2n) is 12.7. The van der Waals surface area contributed by atoms with Gasteiger partial charge in [-0.2, -0.15) is 0 Å². The Labute approximate surface area is 268 Å². The van der Waals surface area contributed by atoms with Crippen LogP contribution in [0.2, 0.25) is 0 Å². The van der Waals surface area contributed by atoms with Crippen molar-refractivity contribution < 1.29 is 4.74 Å². The molecule has 0 bridgehead atoms. The van der Waals surface area contributed by atoms with Gasteiger partial charge >= 0.3 is 0 Å². The fraction of sp³-hybridized carbons (Fsp3) is 0.0667. The van der Waals surface area contributed by atoms with E-state index in [9.17, 15) is 0 Å². The summed E-state index contributed by atoms with van der Waals surface area (Å²) in [5, 5.41) is 4.93. The van der Waals surface area contributed by atoms with Crippen LogP contribution in [0, 0.1) is 0 Å². The van der Waals surface area contributed by atoms with E-state index in [0.717, 1.165) is 29.9 Å². The minimum atomic E-state index is -0.526. The zero-order chi connectivity index (χ0) is 30.2. The monoisotopic (exact) mass is 586 g/mol. The van der Waals surface area contributed by atoms with E-state index in [0.29, 0.717) is 0 Å². The van der Waals surface area contributed by atoms with Crippen LogP contribution in [0.25, 0.3) is 49.4 Å². The smallest absolute Gasteiger partial charge is 0.143 e. The van der Waals surface area contributed by atoms with Gasteiger partial charge in [0.05, 0.1) is 5.41 Å². The van der Waals surface area contributed by atoms with E-state index in [1.54, 1.807) is 0 Å². The van der Waals surface area contributed by atoms with Crippen molar-refractivity contribution in [1.82, 2.24) is 0 Å². The van der Waals surface area contributed by atoms with Crippen LogP contribution in [0.1, 0.15) is 40.7 Å². The number of allylic oxidation sites excluding steroid dienone is 4. The van der Waals surface area contributed by atoms with Crippen molar-refractivity contribution >= 4 is 27.1 Å². The standard InChI is InChI=1S/C45H30O/c1-2-16-32(17-3-1)45(40-23-10-7-19-34(40)38-27-30-13-4-5-14-31(30)28-41(38)45)39-22-9-6-18-33(39)37-26-25-29-15-12-21-36-35-20-8-11-24-42(35)46-44(37)43(29)36/h1-10,12-23,25-28H,11,24H2.